The fraction of sp³-hybridized carbons (Fsp3) is 0.571. The first kappa shape index (κ1) is 33.3. The van der Waals surface area contributed by atoms with Crippen LogP contribution in [0.4, 0.5) is 4.79 Å². The lowest BCUT2D eigenvalue weighted by Crippen LogP contribution is -2.62. The van der Waals surface area contributed by atoms with Gasteiger partial charge in [0.15, 0.2) is 0 Å². The van der Waals surface area contributed by atoms with Crippen molar-refractivity contribution in [2.75, 3.05) is 13.2 Å². The minimum Gasteiger partial charge on any atom is -0.508 e. The van der Waals surface area contributed by atoms with Gasteiger partial charge in [-0.2, -0.15) is 0 Å². The van der Waals surface area contributed by atoms with Gasteiger partial charge in [0, 0.05) is 19.4 Å². The van der Waals surface area contributed by atoms with Gasteiger partial charge in [-0.25, -0.2) is 10.2 Å². The van der Waals surface area contributed by atoms with Gasteiger partial charge in [0.05, 0.1) is 6.61 Å². The van der Waals surface area contributed by atoms with E-state index in [2.05, 4.69) is 38.7 Å². The van der Waals surface area contributed by atoms with E-state index in [9.17, 15) is 24.3 Å². The third-order valence-electron chi connectivity index (χ3n) is 5.94. The molecule has 11 nitrogen and oxygen atoms in total. The molecule has 2 rings (SSSR count). The predicted octanol–water partition coefficient (Wildman–Crippen LogP) is 3.35. The number of aromatic hydroxyl groups is 1. The molecule has 3 amide bonds. The van der Waals surface area contributed by atoms with E-state index in [0.29, 0.717) is 31.4 Å². The third kappa shape index (κ3) is 11.3. The lowest BCUT2D eigenvalue weighted by Gasteiger charge is -2.35. The molecule has 0 saturated carbocycles. The van der Waals surface area contributed by atoms with Crippen molar-refractivity contribution in [3.63, 3.8) is 0 Å². The minimum absolute atomic E-state index is 0.0259. The molecule has 0 bridgehead atoms. The van der Waals surface area contributed by atoms with E-state index >= 15 is 0 Å². The number of hydrazine groups is 1. The van der Waals surface area contributed by atoms with Gasteiger partial charge in [-0.3, -0.25) is 19.4 Å². The van der Waals surface area contributed by atoms with Gasteiger partial charge in [0.2, 0.25) is 5.91 Å². The number of carbonyl (C=O) groups is 4. The van der Waals surface area contributed by atoms with E-state index in [4.69, 9.17) is 9.47 Å². The Labute approximate surface area is 249 Å². The second-order valence-electron chi connectivity index (χ2n) is 10.9. The number of nitrogens with one attached hydrogen (secondary N) is 3. The number of ether oxygens (including phenoxy) is 2. The average Bonchev–Trinajstić information content (AvgIpc) is 2.87. The summed E-state index contributed by atoms with van der Waals surface area (Å²) >= 11 is 2.09. The molecule has 1 heterocycles. The van der Waals surface area contributed by atoms with Gasteiger partial charge in [-0.15, -0.1) is 0 Å². The summed E-state index contributed by atoms with van der Waals surface area (Å²) < 4.78 is 12.5. The van der Waals surface area contributed by atoms with Crippen LogP contribution >= 0.6 is 22.6 Å². The van der Waals surface area contributed by atoms with E-state index in [1.54, 1.807) is 46.8 Å². The Kier molecular flexibility index (Phi) is 13.2. The van der Waals surface area contributed by atoms with Gasteiger partial charge in [-0.05, 0) is 61.3 Å². The number of halogens is 1. The van der Waals surface area contributed by atoms with Crippen LogP contribution in [0.3, 0.4) is 0 Å². The van der Waals surface area contributed by atoms with Crippen molar-refractivity contribution in [1.82, 2.24) is 21.1 Å². The number of alkyl carbamates (subject to hydrolysis) is 1. The fourth-order valence-electron chi connectivity index (χ4n) is 4.04. The Bertz CT molecular complexity index is 1060. The summed E-state index contributed by atoms with van der Waals surface area (Å²) in [5.41, 5.74) is 2.83. The molecular weight excluding hydrogens is 631 g/mol. The monoisotopic (exact) mass is 672 g/mol. The lowest BCUT2D eigenvalue weighted by molar-refractivity contribution is -0.153. The largest absolute Gasteiger partial charge is 0.508 e. The van der Waals surface area contributed by atoms with Crippen LogP contribution in [0.2, 0.25) is 0 Å². The van der Waals surface area contributed by atoms with Gasteiger partial charge in [0.25, 0.3) is 5.91 Å². The Morgan fingerprint density at radius 1 is 1.23 bits per heavy atom. The summed E-state index contributed by atoms with van der Waals surface area (Å²) in [7, 11) is 0. The summed E-state index contributed by atoms with van der Waals surface area (Å²) in [5, 5.41) is 16.6. The molecule has 3 atom stereocenters. The van der Waals surface area contributed by atoms with Crippen molar-refractivity contribution in [3.8, 4) is 5.75 Å². The predicted molar refractivity (Wildman–Crippen MR) is 158 cm³/mol. The second kappa shape index (κ2) is 15.8. The van der Waals surface area contributed by atoms with Crippen molar-refractivity contribution < 1.29 is 33.8 Å². The van der Waals surface area contributed by atoms with Gasteiger partial charge in [0.1, 0.15) is 29.5 Å². The number of nitrogens with zero attached hydrogens (tertiary/aromatic N) is 1. The first-order valence-electron chi connectivity index (χ1n) is 13.4. The molecular formula is C28H41IN4O7. The number of phenols is 1. The average molecular weight is 673 g/mol. The number of phenolic OH excluding ortho intramolecular Hbond substituents is 1. The Morgan fingerprint density at radius 3 is 2.58 bits per heavy atom. The summed E-state index contributed by atoms with van der Waals surface area (Å²) in [4.78, 5) is 52.1. The van der Waals surface area contributed by atoms with Gasteiger partial charge < -0.3 is 25.2 Å². The number of hydrogen-bond acceptors (Lipinski definition) is 8. The highest BCUT2D eigenvalue weighted by atomic mass is 127. The molecule has 0 radical (unpaired) electrons. The zero-order valence-electron chi connectivity index (χ0n) is 23.7. The maximum absolute atomic E-state index is 13.7. The number of carbonyl (C=O) groups excluding carboxylic acids is 4. The number of hydrogen-bond donors (Lipinski definition) is 4. The molecule has 0 unspecified atom stereocenters. The topological polar surface area (TPSA) is 146 Å². The lowest BCUT2D eigenvalue weighted by atomic mass is 10.0. The SMILES string of the molecule is CC(C)[C@H](NC(=O)OC(C)(C)C)C(=O)N[C@@H](Cc1cccc(O)c1)C(=O)N1CCC[C@@H](C(=O)OCC/C=C/I)N1. The van der Waals surface area contributed by atoms with Crippen LogP contribution in [0.1, 0.15) is 59.4 Å². The third-order valence-corrected chi connectivity index (χ3v) is 6.45. The van der Waals surface area contributed by atoms with Crippen LogP contribution in [0.15, 0.2) is 34.4 Å². The smallest absolute Gasteiger partial charge is 0.408 e. The second-order valence-corrected chi connectivity index (χ2v) is 11.7. The first-order chi connectivity index (χ1) is 18.8. The molecule has 0 spiro atoms. The summed E-state index contributed by atoms with van der Waals surface area (Å²) in [6.45, 7) is 9.27. The van der Waals surface area contributed by atoms with E-state index in [-0.39, 0.29) is 24.7 Å². The summed E-state index contributed by atoms with van der Waals surface area (Å²) in [5.74, 6) is -1.75. The van der Waals surface area contributed by atoms with Crippen molar-refractivity contribution >= 4 is 46.5 Å². The molecule has 0 aromatic heterocycles. The highest BCUT2D eigenvalue weighted by Gasteiger charge is 2.35. The van der Waals surface area contributed by atoms with Crippen LogP contribution in [-0.2, 0) is 30.3 Å². The van der Waals surface area contributed by atoms with Crippen molar-refractivity contribution in [1.29, 1.82) is 0 Å². The zero-order valence-corrected chi connectivity index (χ0v) is 25.9. The van der Waals surface area contributed by atoms with Crippen molar-refractivity contribution in [2.24, 2.45) is 5.92 Å². The molecule has 40 heavy (non-hydrogen) atoms. The van der Waals surface area contributed by atoms with Crippen molar-refractivity contribution in [2.45, 2.75) is 84.0 Å². The maximum Gasteiger partial charge on any atom is 0.408 e. The quantitative estimate of drug-likeness (QED) is 0.159. The summed E-state index contributed by atoms with van der Waals surface area (Å²) in [6, 6.07) is 3.69. The molecule has 4 N–H and O–H groups in total. The van der Waals surface area contributed by atoms with Crippen LogP contribution in [-0.4, -0.2) is 70.9 Å². The van der Waals surface area contributed by atoms with E-state index in [0.717, 1.165) is 0 Å². The number of amides is 3. The summed E-state index contributed by atoms with van der Waals surface area (Å²) in [6.07, 6.45) is 2.87. The van der Waals surface area contributed by atoms with Crippen LogP contribution < -0.4 is 16.1 Å². The van der Waals surface area contributed by atoms with Crippen molar-refractivity contribution in [3.05, 3.63) is 40.0 Å². The first-order valence-corrected chi connectivity index (χ1v) is 14.6. The highest BCUT2D eigenvalue weighted by Crippen LogP contribution is 2.16. The van der Waals surface area contributed by atoms with E-state index in [1.165, 1.54) is 17.1 Å². The standard InChI is InChI=1S/C28H41IN4O7/c1-18(2)23(31-27(38)40-28(3,4)5)24(35)30-22(17-19-10-8-11-20(34)16-19)25(36)33-14-9-12-21(32-33)26(37)39-15-7-6-13-29/h6,8,10-11,13,16,18,21-23,32,34H,7,9,12,14-15,17H2,1-5H3,(H,30,35)(H,31,38)/b13-6+/t21-,22-,23-/m0/s1. The maximum atomic E-state index is 13.7. The molecule has 1 fully saturated rings. The Balaban J connectivity index is 2.20. The normalized spacial score (nSPS) is 17.3. The molecule has 1 aliphatic heterocycles. The molecule has 1 aromatic carbocycles. The molecule has 1 aliphatic rings. The molecule has 1 aromatic rings. The van der Waals surface area contributed by atoms with Crippen LogP contribution in [0.25, 0.3) is 0 Å². The van der Waals surface area contributed by atoms with Crippen LogP contribution in [0, 0.1) is 5.92 Å². The molecule has 222 valence electrons. The molecule has 0 aliphatic carbocycles. The number of benzene rings is 1. The zero-order chi connectivity index (χ0) is 29.9. The number of esters is 1. The van der Waals surface area contributed by atoms with E-state index in [1.807, 2.05) is 10.2 Å². The minimum atomic E-state index is -1.05. The fourth-order valence-corrected chi connectivity index (χ4v) is 4.40. The Hall–Kier alpha value is -2.87. The Morgan fingerprint density at radius 2 is 1.95 bits per heavy atom. The highest BCUT2D eigenvalue weighted by molar-refractivity contribution is 14.1. The van der Waals surface area contributed by atoms with E-state index < -0.39 is 47.6 Å². The number of rotatable bonds is 11. The molecule has 1 saturated heterocycles. The van der Waals surface area contributed by atoms with Gasteiger partial charge >= 0.3 is 12.1 Å². The van der Waals surface area contributed by atoms with Crippen LogP contribution in [0.5, 0.6) is 5.75 Å². The molecule has 12 heteroatoms. The van der Waals surface area contributed by atoms with Gasteiger partial charge in [-0.1, -0.05) is 54.6 Å².